The van der Waals surface area contributed by atoms with E-state index in [1.807, 2.05) is 68.6 Å². The number of aliphatic imine (C=N–C) groups is 1. The standard InChI is InChI=1S/C24H22BrN3O2S/c1-14-10-19-21(11-15(14)2)28(24(30)12-20(27-19)22-5-4-8-31-22)13-23(29)26-17-6-7-18(25)16(3)9-17/h4-11H,12-13H2,1-3H3,(H,26,29). The summed E-state index contributed by atoms with van der Waals surface area (Å²) < 4.78 is 0.978. The molecule has 0 unspecified atom stereocenters. The Hall–Kier alpha value is -2.77. The molecule has 0 saturated carbocycles. The van der Waals surface area contributed by atoms with Gasteiger partial charge in [0.15, 0.2) is 0 Å². The lowest BCUT2D eigenvalue weighted by Crippen LogP contribution is -2.38. The molecule has 0 spiro atoms. The Morgan fingerprint density at radius 3 is 2.61 bits per heavy atom. The van der Waals surface area contributed by atoms with Crippen molar-refractivity contribution in [3.8, 4) is 0 Å². The van der Waals surface area contributed by atoms with Crippen LogP contribution >= 0.6 is 27.3 Å². The number of halogens is 1. The van der Waals surface area contributed by atoms with Gasteiger partial charge in [-0.1, -0.05) is 22.0 Å². The fourth-order valence-corrected chi connectivity index (χ4v) is 4.44. The summed E-state index contributed by atoms with van der Waals surface area (Å²) >= 11 is 5.02. The third-order valence-electron chi connectivity index (χ3n) is 5.31. The van der Waals surface area contributed by atoms with E-state index in [0.717, 1.165) is 31.8 Å². The van der Waals surface area contributed by atoms with Crippen molar-refractivity contribution in [2.24, 2.45) is 4.99 Å². The van der Waals surface area contributed by atoms with Gasteiger partial charge in [-0.3, -0.25) is 9.59 Å². The van der Waals surface area contributed by atoms with Gasteiger partial charge in [-0.05, 0) is 79.2 Å². The Labute approximate surface area is 193 Å². The number of nitrogens with one attached hydrogen (secondary N) is 1. The lowest BCUT2D eigenvalue weighted by Gasteiger charge is -2.23. The first-order valence-corrected chi connectivity index (χ1v) is 11.6. The molecule has 5 nitrogen and oxygen atoms in total. The van der Waals surface area contributed by atoms with E-state index >= 15 is 0 Å². The molecule has 1 N–H and O–H groups in total. The molecule has 1 aliphatic rings. The van der Waals surface area contributed by atoms with E-state index in [-0.39, 0.29) is 24.8 Å². The van der Waals surface area contributed by atoms with Crippen LogP contribution in [0.25, 0.3) is 0 Å². The first-order chi connectivity index (χ1) is 14.8. The zero-order chi connectivity index (χ0) is 22.1. The number of amides is 2. The van der Waals surface area contributed by atoms with Crippen LogP contribution in [0.5, 0.6) is 0 Å². The summed E-state index contributed by atoms with van der Waals surface area (Å²) in [5.74, 6) is -0.393. The monoisotopic (exact) mass is 495 g/mol. The normalized spacial score (nSPS) is 13.5. The molecule has 0 atom stereocenters. The maximum atomic E-state index is 13.2. The molecule has 0 bridgehead atoms. The van der Waals surface area contributed by atoms with Crippen LogP contribution in [0.3, 0.4) is 0 Å². The van der Waals surface area contributed by atoms with Gasteiger partial charge < -0.3 is 10.2 Å². The van der Waals surface area contributed by atoms with E-state index in [1.54, 1.807) is 16.2 Å². The van der Waals surface area contributed by atoms with Gasteiger partial charge in [0.2, 0.25) is 11.8 Å². The molecule has 1 aliphatic heterocycles. The van der Waals surface area contributed by atoms with Crippen LogP contribution in [0.1, 0.15) is 28.0 Å². The van der Waals surface area contributed by atoms with Crippen LogP contribution in [0, 0.1) is 20.8 Å². The number of anilines is 2. The fraction of sp³-hybridized carbons (Fsp3) is 0.208. The predicted molar refractivity (Wildman–Crippen MR) is 131 cm³/mol. The van der Waals surface area contributed by atoms with Gasteiger partial charge in [0.1, 0.15) is 6.54 Å². The van der Waals surface area contributed by atoms with Crippen LogP contribution < -0.4 is 10.2 Å². The number of benzene rings is 2. The van der Waals surface area contributed by atoms with Crippen molar-refractivity contribution in [2.45, 2.75) is 27.2 Å². The number of hydrogen-bond acceptors (Lipinski definition) is 4. The maximum absolute atomic E-state index is 13.2. The van der Waals surface area contributed by atoms with E-state index in [4.69, 9.17) is 4.99 Å². The molecule has 0 radical (unpaired) electrons. The van der Waals surface area contributed by atoms with E-state index in [2.05, 4.69) is 21.2 Å². The summed E-state index contributed by atoms with van der Waals surface area (Å²) in [5.41, 5.74) is 5.98. The number of carbonyl (C=O) groups is 2. The molecule has 2 heterocycles. The van der Waals surface area contributed by atoms with Crippen molar-refractivity contribution in [2.75, 3.05) is 16.8 Å². The quantitative estimate of drug-likeness (QED) is 0.487. The minimum atomic E-state index is -0.251. The summed E-state index contributed by atoms with van der Waals surface area (Å²) in [6.07, 6.45) is 0.151. The molecule has 1 aromatic heterocycles. The van der Waals surface area contributed by atoms with Gasteiger partial charge in [-0.2, -0.15) is 0 Å². The third-order valence-corrected chi connectivity index (χ3v) is 7.11. The van der Waals surface area contributed by atoms with Crippen molar-refractivity contribution >= 4 is 61.9 Å². The molecule has 4 rings (SSSR count). The van der Waals surface area contributed by atoms with Crippen molar-refractivity contribution in [1.82, 2.24) is 0 Å². The van der Waals surface area contributed by atoms with E-state index < -0.39 is 0 Å². The largest absolute Gasteiger partial charge is 0.325 e. The molecule has 0 fully saturated rings. The van der Waals surface area contributed by atoms with Crippen LogP contribution in [0.15, 0.2) is 57.3 Å². The zero-order valence-corrected chi connectivity index (χ0v) is 19.9. The highest BCUT2D eigenvalue weighted by atomic mass is 79.9. The smallest absolute Gasteiger partial charge is 0.244 e. The van der Waals surface area contributed by atoms with Crippen molar-refractivity contribution in [1.29, 1.82) is 0 Å². The molecule has 2 aromatic carbocycles. The lowest BCUT2D eigenvalue weighted by atomic mass is 10.1. The Bertz CT molecular complexity index is 1200. The summed E-state index contributed by atoms with van der Waals surface area (Å²) in [7, 11) is 0. The Morgan fingerprint density at radius 2 is 1.90 bits per heavy atom. The molecular formula is C24H22BrN3O2S. The number of rotatable bonds is 4. The minimum Gasteiger partial charge on any atom is -0.325 e. The van der Waals surface area contributed by atoms with E-state index in [1.165, 1.54) is 0 Å². The number of hydrogen-bond donors (Lipinski definition) is 1. The predicted octanol–water partition coefficient (Wildman–Crippen LogP) is 5.93. The molecule has 3 aromatic rings. The third kappa shape index (κ3) is 4.62. The minimum absolute atomic E-state index is 0.0727. The first kappa shape index (κ1) is 21.5. The molecule has 31 heavy (non-hydrogen) atoms. The van der Waals surface area contributed by atoms with E-state index in [0.29, 0.717) is 17.1 Å². The van der Waals surface area contributed by atoms with Crippen LogP contribution in [0.4, 0.5) is 17.1 Å². The van der Waals surface area contributed by atoms with Crippen LogP contribution in [-0.2, 0) is 9.59 Å². The number of thiophene rings is 1. The van der Waals surface area contributed by atoms with Gasteiger partial charge in [0.25, 0.3) is 0 Å². The second-order valence-corrected chi connectivity index (χ2v) is 9.43. The number of carbonyl (C=O) groups excluding carboxylic acids is 2. The Morgan fingerprint density at radius 1 is 1.13 bits per heavy atom. The summed E-state index contributed by atoms with van der Waals surface area (Å²) in [6, 6.07) is 13.5. The lowest BCUT2D eigenvalue weighted by molar-refractivity contribution is -0.120. The van der Waals surface area contributed by atoms with E-state index in [9.17, 15) is 9.59 Å². The number of aryl methyl sites for hydroxylation is 3. The Kier molecular flexibility index (Phi) is 6.07. The van der Waals surface area contributed by atoms with Crippen molar-refractivity contribution in [3.63, 3.8) is 0 Å². The van der Waals surface area contributed by atoms with Crippen molar-refractivity contribution < 1.29 is 9.59 Å². The van der Waals surface area contributed by atoms with Gasteiger partial charge in [0.05, 0.1) is 23.5 Å². The Balaban J connectivity index is 1.65. The average molecular weight is 496 g/mol. The number of fused-ring (bicyclic) bond motifs is 1. The molecule has 0 aliphatic carbocycles. The molecule has 158 valence electrons. The van der Waals surface area contributed by atoms with Crippen LogP contribution in [-0.4, -0.2) is 24.1 Å². The van der Waals surface area contributed by atoms with Crippen LogP contribution in [0.2, 0.25) is 0 Å². The van der Waals surface area contributed by atoms with Crippen molar-refractivity contribution in [3.05, 3.63) is 73.9 Å². The zero-order valence-electron chi connectivity index (χ0n) is 17.5. The van der Waals surface area contributed by atoms with Gasteiger partial charge in [-0.25, -0.2) is 4.99 Å². The number of nitrogens with zero attached hydrogens (tertiary/aromatic N) is 2. The topological polar surface area (TPSA) is 61.8 Å². The molecular weight excluding hydrogens is 474 g/mol. The first-order valence-electron chi connectivity index (χ1n) is 9.91. The summed E-state index contributed by atoms with van der Waals surface area (Å²) in [5, 5.41) is 4.88. The fourth-order valence-electron chi connectivity index (χ4n) is 3.47. The second kappa shape index (κ2) is 8.77. The highest BCUT2D eigenvalue weighted by Gasteiger charge is 2.27. The molecule has 2 amide bonds. The second-order valence-electron chi connectivity index (χ2n) is 7.63. The highest BCUT2D eigenvalue weighted by molar-refractivity contribution is 9.10. The van der Waals surface area contributed by atoms with Gasteiger partial charge in [-0.15, -0.1) is 11.3 Å². The molecule has 7 heteroatoms. The average Bonchev–Trinajstić information content (AvgIpc) is 3.22. The highest BCUT2D eigenvalue weighted by Crippen LogP contribution is 2.36. The maximum Gasteiger partial charge on any atom is 0.244 e. The summed E-state index contributed by atoms with van der Waals surface area (Å²) in [4.78, 5) is 33.4. The molecule has 0 saturated heterocycles. The summed E-state index contributed by atoms with van der Waals surface area (Å²) in [6.45, 7) is 5.91. The van der Waals surface area contributed by atoms with Gasteiger partial charge >= 0.3 is 0 Å². The van der Waals surface area contributed by atoms with Gasteiger partial charge in [0, 0.05) is 15.0 Å². The SMILES string of the molecule is Cc1cc2c(cc1C)N(CC(=O)Nc1ccc(Br)c(C)c1)C(=O)CC(c1cccs1)=N2.